The summed E-state index contributed by atoms with van der Waals surface area (Å²) in [6.07, 6.45) is 3.02. The fourth-order valence-corrected chi connectivity index (χ4v) is 2.01. The molecule has 0 amide bonds. The summed E-state index contributed by atoms with van der Waals surface area (Å²) in [5.41, 5.74) is 10.8. The first kappa shape index (κ1) is 9.28. The number of hydrogen-bond acceptors (Lipinski definition) is 1. The van der Waals surface area contributed by atoms with Gasteiger partial charge in [0.05, 0.1) is 0 Å². The molecule has 1 aromatic carbocycles. The number of H-pyrrole nitrogens is 1. The average Bonchev–Trinajstić information content (AvgIpc) is 2.49. The normalized spacial score (nSPS) is 11.1. The van der Waals surface area contributed by atoms with E-state index in [1.807, 2.05) is 0 Å². The van der Waals surface area contributed by atoms with Crippen LogP contribution < -0.4 is 5.73 Å². The molecule has 2 nitrogen and oxygen atoms in total. The van der Waals surface area contributed by atoms with Crippen LogP contribution in [0.15, 0.2) is 18.3 Å². The van der Waals surface area contributed by atoms with Crippen molar-refractivity contribution in [2.45, 2.75) is 20.3 Å². The van der Waals surface area contributed by atoms with Crippen LogP contribution in [0.4, 0.5) is 0 Å². The Morgan fingerprint density at radius 3 is 2.79 bits per heavy atom. The van der Waals surface area contributed by atoms with Crippen LogP contribution in [0.3, 0.4) is 0 Å². The predicted molar refractivity (Wildman–Crippen MR) is 60.5 cm³/mol. The summed E-state index contributed by atoms with van der Waals surface area (Å²) in [5.74, 6) is 0. The van der Waals surface area contributed by atoms with Crippen molar-refractivity contribution < 1.29 is 0 Å². The fourth-order valence-electron chi connectivity index (χ4n) is 2.01. The minimum Gasteiger partial charge on any atom is -0.361 e. The fraction of sp³-hybridized carbons (Fsp3) is 0.333. The summed E-state index contributed by atoms with van der Waals surface area (Å²) in [6.45, 7) is 4.98. The lowest BCUT2D eigenvalue weighted by Crippen LogP contribution is -2.01. The molecule has 2 heteroatoms. The molecular formula is C12H16N2. The second-order valence-electron chi connectivity index (χ2n) is 3.86. The smallest absolute Gasteiger partial charge is 0.0486 e. The number of aryl methyl sites for hydroxylation is 2. The highest BCUT2D eigenvalue weighted by atomic mass is 14.7. The van der Waals surface area contributed by atoms with Gasteiger partial charge in [-0.05, 0) is 44.0 Å². The van der Waals surface area contributed by atoms with Gasteiger partial charge in [0.2, 0.25) is 0 Å². The zero-order valence-electron chi connectivity index (χ0n) is 8.72. The van der Waals surface area contributed by atoms with E-state index in [4.69, 9.17) is 5.73 Å². The second kappa shape index (κ2) is 3.46. The van der Waals surface area contributed by atoms with Crippen molar-refractivity contribution in [2.24, 2.45) is 5.73 Å². The van der Waals surface area contributed by atoms with Crippen LogP contribution in [0, 0.1) is 13.8 Å². The van der Waals surface area contributed by atoms with Gasteiger partial charge in [-0.1, -0.05) is 11.6 Å². The standard InChI is InChI=1S/C12H16N2/c1-8-5-9(2)12-11(6-8)10(3-4-13)7-14-12/h5-7,14H,3-4,13H2,1-2H3. The Morgan fingerprint density at radius 2 is 2.07 bits per heavy atom. The lowest BCUT2D eigenvalue weighted by Gasteiger charge is -2.01. The van der Waals surface area contributed by atoms with Crippen molar-refractivity contribution in [1.29, 1.82) is 0 Å². The summed E-state index contributed by atoms with van der Waals surface area (Å²) in [7, 11) is 0. The zero-order valence-corrected chi connectivity index (χ0v) is 8.72. The SMILES string of the molecule is Cc1cc(C)c2[nH]cc(CCN)c2c1. The molecule has 1 aromatic heterocycles. The second-order valence-corrected chi connectivity index (χ2v) is 3.86. The lowest BCUT2D eigenvalue weighted by atomic mass is 10.0. The molecule has 74 valence electrons. The molecule has 0 fully saturated rings. The van der Waals surface area contributed by atoms with Crippen molar-refractivity contribution in [1.82, 2.24) is 4.98 Å². The van der Waals surface area contributed by atoms with Gasteiger partial charge in [0.15, 0.2) is 0 Å². The summed E-state index contributed by atoms with van der Waals surface area (Å²) in [6, 6.07) is 4.43. The van der Waals surface area contributed by atoms with Gasteiger partial charge in [0.25, 0.3) is 0 Å². The Bertz CT molecular complexity index is 455. The highest BCUT2D eigenvalue weighted by Crippen LogP contribution is 2.23. The quantitative estimate of drug-likeness (QED) is 0.746. The van der Waals surface area contributed by atoms with E-state index in [1.165, 1.54) is 27.6 Å². The molecule has 1 heterocycles. The molecule has 0 bridgehead atoms. The molecule has 2 rings (SSSR count). The van der Waals surface area contributed by atoms with Gasteiger partial charge in [-0.2, -0.15) is 0 Å². The van der Waals surface area contributed by atoms with Gasteiger partial charge in [-0.3, -0.25) is 0 Å². The topological polar surface area (TPSA) is 41.8 Å². The van der Waals surface area contributed by atoms with Gasteiger partial charge in [0, 0.05) is 17.1 Å². The molecule has 14 heavy (non-hydrogen) atoms. The van der Waals surface area contributed by atoms with Crippen LogP contribution in [0.5, 0.6) is 0 Å². The first-order chi connectivity index (χ1) is 6.72. The third-order valence-corrected chi connectivity index (χ3v) is 2.63. The number of benzene rings is 1. The largest absolute Gasteiger partial charge is 0.361 e. The van der Waals surface area contributed by atoms with Crippen molar-refractivity contribution in [2.75, 3.05) is 6.54 Å². The van der Waals surface area contributed by atoms with Crippen LogP contribution >= 0.6 is 0 Å². The Kier molecular flexibility index (Phi) is 2.30. The van der Waals surface area contributed by atoms with Gasteiger partial charge in [-0.15, -0.1) is 0 Å². The highest BCUT2D eigenvalue weighted by molar-refractivity contribution is 5.86. The number of nitrogens with two attached hydrogens (primary N) is 1. The lowest BCUT2D eigenvalue weighted by molar-refractivity contribution is 0.976. The predicted octanol–water partition coefficient (Wildman–Crippen LogP) is 2.29. The molecule has 0 saturated carbocycles. The first-order valence-corrected chi connectivity index (χ1v) is 4.99. The van der Waals surface area contributed by atoms with Crippen molar-refractivity contribution >= 4 is 10.9 Å². The Morgan fingerprint density at radius 1 is 1.29 bits per heavy atom. The van der Waals surface area contributed by atoms with Gasteiger partial charge in [0.1, 0.15) is 0 Å². The number of fused-ring (bicyclic) bond motifs is 1. The highest BCUT2D eigenvalue weighted by Gasteiger charge is 2.05. The van der Waals surface area contributed by atoms with E-state index >= 15 is 0 Å². The van der Waals surface area contributed by atoms with Crippen LogP contribution in [0.25, 0.3) is 10.9 Å². The van der Waals surface area contributed by atoms with Crippen molar-refractivity contribution in [3.63, 3.8) is 0 Å². The van der Waals surface area contributed by atoms with Gasteiger partial charge < -0.3 is 10.7 Å². The van der Waals surface area contributed by atoms with Crippen LogP contribution in [0.1, 0.15) is 16.7 Å². The van der Waals surface area contributed by atoms with Crippen molar-refractivity contribution in [3.8, 4) is 0 Å². The Balaban J connectivity index is 2.66. The molecule has 0 spiro atoms. The van der Waals surface area contributed by atoms with E-state index < -0.39 is 0 Å². The third kappa shape index (κ3) is 1.42. The van der Waals surface area contributed by atoms with E-state index in [0.717, 1.165) is 6.42 Å². The zero-order chi connectivity index (χ0) is 10.1. The van der Waals surface area contributed by atoms with E-state index in [-0.39, 0.29) is 0 Å². The number of aromatic amines is 1. The molecule has 0 saturated heterocycles. The van der Waals surface area contributed by atoms with Crippen LogP contribution in [0.2, 0.25) is 0 Å². The number of rotatable bonds is 2. The number of hydrogen-bond donors (Lipinski definition) is 2. The van der Waals surface area contributed by atoms with Crippen LogP contribution in [-0.2, 0) is 6.42 Å². The molecule has 2 aromatic rings. The number of aromatic nitrogens is 1. The van der Waals surface area contributed by atoms with Crippen molar-refractivity contribution in [3.05, 3.63) is 35.0 Å². The Labute approximate surface area is 84.1 Å². The maximum Gasteiger partial charge on any atom is 0.0486 e. The molecular weight excluding hydrogens is 172 g/mol. The molecule has 0 unspecified atom stereocenters. The van der Waals surface area contributed by atoms with Gasteiger partial charge >= 0.3 is 0 Å². The monoisotopic (exact) mass is 188 g/mol. The van der Waals surface area contributed by atoms with Gasteiger partial charge in [-0.25, -0.2) is 0 Å². The summed E-state index contributed by atoms with van der Waals surface area (Å²) in [5, 5.41) is 1.33. The molecule has 0 atom stereocenters. The summed E-state index contributed by atoms with van der Waals surface area (Å²) >= 11 is 0. The molecule has 0 aliphatic heterocycles. The van der Waals surface area contributed by atoms with Crippen LogP contribution in [-0.4, -0.2) is 11.5 Å². The van der Waals surface area contributed by atoms with E-state index in [0.29, 0.717) is 6.54 Å². The third-order valence-electron chi connectivity index (χ3n) is 2.63. The summed E-state index contributed by atoms with van der Waals surface area (Å²) < 4.78 is 0. The maximum absolute atomic E-state index is 5.57. The van der Waals surface area contributed by atoms with E-state index in [1.54, 1.807) is 0 Å². The minimum absolute atomic E-state index is 0.708. The molecule has 0 aliphatic rings. The first-order valence-electron chi connectivity index (χ1n) is 4.99. The maximum atomic E-state index is 5.57. The average molecular weight is 188 g/mol. The number of nitrogens with one attached hydrogen (secondary N) is 1. The Hall–Kier alpha value is -1.28. The molecule has 0 radical (unpaired) electrons. The molecule has 3 N–H and O–H groups in total. The minimum atomic E-state index is 0.708. The van der Waals surface area contributed by atoms with E-state index in [2.05, 4.69) is 37.2 Å². The van der Waals surface area contributed by atoms with E-state index in [9.17, 15) is 0 Å². The summed E-state index contributed by atoms with van der Waals surface area (Å²) in [4.78, 5) is 3.31. The molecule has 0 aliphatic carbocycles.